The number of rotatable bonds is 4. The number of carbonyl (C=O) groups excluding carboxylic acids is 1. The topological polar surface area (TPSA) is 86.6 Å². The van der Waals surface area contributed by atoms with Crippen molar-refractivity contribution in [1.29, 1.82) is 0 Å². The first-order valence-electron chi connectivity index (χ1n) is 6.92. The number of hydrogen-bond acceptors (Lipinski definition) is 3. The van der Waals surface area contributed by atoms with Crippen molar-refractivity contribution in [2.75, 3.05) is 5.32 Å². The molecular formula is C15H19NO4. The van der Waals surface area contributed by atoms with Gasteiger partial charge in [-0.3, -0.25) is 4.79 Å². The number of nitrogens with one attached hydrogen (secondary N) is 1. The van der Waals surface area contributed by atoms with Crippen LogP contribution in [0.1, 0.15) is 48.9 Å². The van der Waals surface area contributed by atoms with Gasteiger partial charge >= 0.3 is 5.97 Å². The Hall–Kier alpha value is -2.04. The van der Waals surface area contributed by atoms with E-state index in [9.17, 15) is 14.7 Å². The predicted molar refractivity (Wildman–Crippen MR) is 74.9 cm³/mol. The van der Waals surface area contributed by atoms with Gasteiger partial charge in [0.05, 0.1) is 11.3 Å². The van der Waals surface area contributed by atoms with Crippen LogP contribution >= 0.6 is 0 Å². The van der Waals surface area contributed by atoms with Gasteiger partial charge in [-0.1, -0.05) is 19.3 Å². The Bertz CT molecular complexity index is 507. The molecule has 0 bridgehead atoms. The molecule has 0 saturated heterocycles. The van der Waals surface area contributed by atoms with E-state index in [4.69, 9.17) is 5.11 Å². The zero-order valence-electron chi connectivity index (χ0n) is 11.3. The Labute approximate surface area is 117 Å². The summed E-state index contributed by atoms with van der Waals surface area (Å²) in [4.78, 5) is 23.1. The molecule has 0 atom stereocenters. The second-order valence-corrected chi connectivity index (χ2v) is 5.29. The summed E-state index contributed by atoms with van der Waals surface area (Å²) in [6.07, 6.45) is 6.12. The molecule has 1 aromatic carbocycles. The fourth-order valence-electron chi connectivity index (χ4n) is 2.67. The van der Waals surface area contributed by atoms with Crippen molar-refractivity contribution < 1.29 is 19.8 Å². The molecular weight excluding hydrogens is 258 g/mol. The number of anilines is 1. The molecule has 1 aliphatic carbocycles. The number of carboxylic acids is 1. The number of amides is 1. The smallest absolute Gasteiger partial charge is 0.337 e. The van der Waals surface area contributed by atoms with Crippen molar-refractivity contribution in [3.8, 4) is 5.75 Å². The summed E-state index contributed by atoms with van der Waals surface area (Å²) in [5, 5.41) is 21.0. The first kappa shape index (κ1) is 14.4. The van der Waals surface area contributed by atoms with Gasteiger partial charge < -0.3 is 15.5 Å². The molecule has 5 nitrogen and oxygen atoms in total. The van der Waals surface area contributed by atoms with Crippen molar-refractivity contribution >= 4 is 17.6 Å². The first-order valence-corrected chi connectivity index (χ1v) is 6.92. The summed E-state index contributed by atoms with van der Waals surface area (Å²) in [5.41, 5.74) is 0.137. The van der Waals surface area contributed by atoms with Gasteiger partial charge in [-0.2, -0.15) is 0 Å². The summed E-state index contributed by atoms with van der Waals surface area (Å²) in [7, 11) is 0. The van der Waals surface area contributed by atoms with Crippen LogP contribution in [0.25, 0.3) is 0 Å². The normalized spacial score (nSPS) is 15.8. The Kier molecular flexibility index (Phi) is 4.61. The van der Waals surface area contributed by atoms with Crippen LogP contribution in [0.5, 0.6) is 5.75 Å². The first-order chi connectivity index (χ1) is 9.56. The van der Waals surface area contributed by atoms with E-state index < -0.39 is 5.97 Å². The molecule has 0 aliphatic heterocycles. The molecule has 0 radical (unpaired) electrons. The fraction of sp³-hybridized carbons (Fsp3) is 0.467. The van der Waals surface area contributed by atoms with E-state index in [-0.39, 0.29) is 22.9 Å². The molecule has 3 N–H and O–H groups in total. The van der Waals surface area contributed by atoms with Gasteiger partial charge in [-0.25, -0.2) is 4.79 Å². The van der Waals surface area contributed by atoms with Gasteiger partial charge in [-0.05, 0) is 37.0 Å². The zero-order valence-corrected chi connectivity index (χ0v) is 11.3. The highest BCUT2D eigenvalue weighted by Crippen LogP contribution is 2.27. The molecule has 0 heterocycles. The Balaban J connectivity index is 2.01. The summed E-state index contributed by atoms with van der Waals surface area (Å²) in [6.45, 7) is 0. The summed E-state index contributed by atoms with van der Waals surface area (Å²) < 4.78 is 0. The maximum Gasteiger partial charge on any atom is 0.337 e. The zero-order chi connectivity index (χ0) is 14.5. The lowest BCUT2D eigenvalue weighted by molar-refractivity contribution is -0.117. The van der Waals surface area contributed by atoms with Crippen molar-refractivity contribution in [1.82, 2.24) is 0 Å². The maximum absolute atomic E-state index is 12.0. The third-order valence-electron chi connectivity index (χ3n) is 3.71. The molecule has 1 saturated carbocycles. The molecule has 5 heteroatoms. The minimum absolute atomic E-state index is 0.0954. The SMILES string of the molecule is O=C(CC1CCCCC1)Nc1ccc(O)cc1C(=O)O. The largest absolute Gasteiger partial charge is 0.508 e. The van der Waals surface area contributed by atoms with Crippen LogP contribution in [-0.4, -0.2) is 22.1 Å². The van der Waals surface area contributed by atoms with E-state index >= 15 is 0 Å². The van der Waals surface area contributed by atoms with Crippen molar-refractivity contribution in [3.63, 3.8) is 0 Å². The third kappa shape index (κ3) is 3.73. The second kappa shape index (κ2) is 6.41. The lowest BCUT2D eigenvalue weighted by atomic mass is 9.87. The number of benzene rings is 1. The number of carboxylic acid groups (broad SMARTS) is 1. The van der Waals surface area contributed by atoms with Crippen LogP contribution in [-0.2, 0) is 4.79 Å². The predicted octanol–water partition coefficient (Wildman–Crippen LogP) is 3.00. The van der Waals surface area contributed by atoms with Gasteiger partial charge in [0.25, 0.3) is 0 Å². The fourth-order valence-corrected chi connectivity index (χ4v) is 2.67. The molecule has 2 rings (SSSR count). The summed E-state index contributed by atoms with van der Waals surface area (Å²) in [6, 6.07) is 3.92. The average Bonchev–Trinajstić information content (AvgIpc) is 2.41. The van der Waals surface area contributed by atoms with E-state index in [2.05, 4.69) is 5.32 Å². The van der Waals surface area contributed by atoms with Gasteiger partial charge in [0.2, 0.25) is 5.91 Å². The van der Waals surface area contributed by atoms with Crippen LogP contribution < -0.4 is 5.32 Å². The molecule has 0 aromatic heterocycles. The lowest BCUT2D eigenvalue weighted by Crippen LogP contribution is -2.19. The van der Waals surface area contributed by atoms with Gasteiger partial charge in [0.1, 0.15) is 5.75 Å². The third-order valence-corrected chi connectivity index (χ3v) is 3.71. The minimum Gasteiger partial charge on any atom is -0.508 e. The van der Waals surface area contributed by atoms with Crippen LogP contribution in [0.15, 0.2) is 18.2 Å². The Morgan fingerprint density at radius 1 is 1.20 bits per heavy atom. The Morgan fingerprint density at radius 3 is 2.55 bits per heavy atom. The van der Waals surface area contributed by atoms with Crippen LogP contribution in [0.4, 0.5) is 5.69 Å². The highest BCUT2D eigenvalue weighted by Gasteiger charge is 2.19. The second-order valence-electron chi connectivity index (χ2n) is 5.29. The maximum atomic E-state index is 12.0. The van der Waals surface area contributed by atoms with Gasteiger partial charge in [-0.15, -0.1) is 0 Å². The standard InChI is InChI=1S/C15H19NO4/c17-11-6-7-13(12(9-11)15(19)20)16-14(18)8-10-4-2-1-3-5-10/h6-7,9-10,17H,1-5,8H2,(H,16,18)(H,19,20). The van der Waals surface area contributed by atoms with Crippen LogP contribution in [0.2, 0.25) is 0 Å². The molecule has 20 heavy (non-hydrogen) atoms. The highest BCUT2D eigenvalue weighted by molar-refractivity contribution is 6.00. The average molecular weight is 277 g/mol. The van der Waals surface area contributed by atoms with Crippen molar-refractivity contribution in [3.05, 3.63) is 23.8 Å². The number of phenols is 1. The van der Waals surface area contributed by atoms with E-state index in [0.717, 1.165) is 31.7 Å². The molecule has 108 valence electrons. The quantitative estimate of drug-likeness (QED) is 0.738. The molecule has 1 amide bonds. The lowest BCUT2D eigenvalue weighted by Gasteiger charge is -2.21. The minimum atomic E-state index is -1.17. The van der Waals surface area contributed by atoms with Crippen LogP contribution in [0, 0.1) is 5.92 Å². The molecule has 1 aliphatic rings. The summed E-state index contributed by atoms with van der Waals surface area (Å²) >= 11 is 0. The summed E-state index contributed by atoms with van der Waals surface area (Å²) in [5.74, 6) is -1.07. The van der Waals surface area contributed by atoms with E-state index in [0.29, 0.717) is 12.3 Å². The van der Waals surface area contributed by atoms with Crippen LogP contribution in [0.3, 0.4) is 0 Å². The Morgan fingerprint density at radius 2 is 1.90 bits per heavy atom. The van der Waals surface area contributed by atoms with Crippen molar-refractivity contribution in [2.45, 2.75) is 38.5 Å². The van der Waals surface area contributed by atoms with Gasteiger partial charge in [0, 0.05) is 6.42 Å². The van der Waals surface area contributed by atoms with Gasteiger partial charge in [0.15, 0.2) is 0 Å². The number of hydrogen-bond donors (Lipinski definition) is 3. The molecule has 1 fully saturated rings. The molecule has 0 unspecified atom stereocenters. The molecule has 1 aromatic rings. The van der Waals surface area contributed by atoms with Crippen molar-refractivity contribution in [2.24, 2.45) is 5.92 Å². The number of carbonyl (C=O) groups is 2. The number of aromatic carboxylic acids is 1. The number of aromatic hydroxyl groups is 1. The molecule has 0 spiro atoms. The highest BCUT2D eigenvalue weighted by atomic mass is 16.4. The van der Waals surface area contributed by atoms with E-state index in [1.165, 1.54) is 18.6 Å². The monoisotopic (exact) mass is 277 g/mol. The van der Waals surface area contributed by atoms with E-state index in [1.54, 1.807) is 0 Å². The van der Waals surface area contributed by atoms with E-state index in [1.807, 2.05) is 0 Å². The number of phenolic OH excluding ortho intramolecular Hbond substituents is 1.